The molecule has 0 aliphatic heterocycles. The fourth-order valence-corrected chi connectivity index (χ4v) is 5.66. The number of amides is 1. The molecule has 0 spiro atoms. The molecule has 0 N–H and O–H groups in total. The molecule has 9 heteroatoms. The summed E-state index contributed by atoms with van der Waals surface area (Å²) >= 11 is 6.03. The normalized spacial score (nSPS) is 13.9. The first-order valence-corrected chi connectivity index (χ1v) is 13.3. The molecule has 6 nitrogen and oxygen atoms in total. The second-order valence-corrected chi connectivity index (χ2v) is 11.4. The van der Waals surface area contributed by atoms with Gasteiger partial charge in [0.05, 0.1) is 29.8 Å². The first-order chi connectivity index (χ1) is 16.2. The molecule has 0 unspecified atom stereocenters. The summed E-state index contributed by atoms with van der Waals surface area (Å²) in [6.07, 6.45) is 3.17. The summed E-state index contributed by atoms with van der Waals surface area (Å²) in [5, 5.41) is 0.427. The van der Waals surface area contributed by atoms with Gasteiger partial charge in [-0.1, -0.05) is 49.7 Å². The van der Waals surface area contributed by atoms with Crippen LogP contribution in [0.3, 0.4) is 0 Å². The summed E-state index contributed by atoms with van der Waals surface area (Å²) in [7, 11) is -3.78. The molecule has 0 radical (unpaired) electrons. The standard InChI is InChI=1S/C25H27ClFN3O3S/c1-17(2)14-30-21(13-28-25(30)34(32,33)16-18-6-5-7-19(26)12-18)15-29(20-10-11-20)24(31)22-8-3-4-9-23(22)27/h3-9,12-13,17,20H,10-11,14-16H2,1-2H3. The molecule has 1 saturated carbocycles. The smallest absolute Gasteiger partial charge is 0.257 e. The van der Waals surface area contributed by atoms with Gasteiger partial charge in [-0.2, -0.15) is 0 Å². The van der Waals surface area contributed by atoms with Crippen LogP contribution < -0.4 is 0 Å². The van der Waals surface area contributed by atoms with E-state index in [0.29, 0.717) is 22.8 Å². The predicted molar refractivity (Wildman–Crippen MR) is 129 cm³/mol. The number of halogens is 2. The number of rotatable bonds is 9. The third-order valence-electron chi connectivity index (χ3n) is 5.66. The van der Waals surface area contributed by atoms with Gasteiger partial charge in [-0.05, 0) is 48.6 Å². The Morgan fingerprint density at radius 1 is 1.21 bits per heavy atom. The topological polar surface area (TPSA) is 72.3 Å². The number of sulfone groups is 1. The van der Waals surface area contributed by atoms with Crippen molar-refractivity contribution < 1.29 is 17.6 Å². The monoisotopic (exact) mass is 503 g/mol. The molecular weight excluding hydrogens is 477 g/mol. The largest absolute Gasteiger partial charge is 0.330 e. The van der Waals surface area contributed by atoms with E-state index >= 15 is 0 Å². The number of hydrogen-bond donors (Lipinski definition) is 0. The molecule has 1 aliphatic rings. The maximum Gasteiger partial charge on any atom is 0.257 e. The van der Waals surface area contributed by atoms with E-state index in [0.717, 1.165) is 12.8 Å². The lowest BCUT2D eigenvalue weighted by Gasteiger charge is -2.24. The van der Waals surface area contributed by atoms with E-state index in [1.54, 1.807) is 45.9 Å². The molecule has 1 aliphatic carbocycles. The number of aromatic nitrogens is 2. The zero-order valence-corrected chi connectivity index (χ0v) is 20.7. The van der Waals surface area contributed by atoms with Gasteiger partial charge in [-0.25, -0.2) is 17.8 Å². The molecule has 0 atom stereocenters. The molecular formula is C25H27ClFN3O3S. The van der Waals surface area contributed by atoms with E-state index in [4.69, 9.17) is 11.6 Å². The van der Waals surface area contributed by atoms with Crippen molar-refractivity contribution in [2.45, 2.75) is 56.7 Å². The average molecular weight is 504 g/mol. The molecule has 3 aromatic rings. The molecule has 0 saturated heterocycles. The molecule has 2 aromatic carbocycles. The van der Waals surface area contributed by atoms with Crippen LogP contribution in [0.25, 0.3) is 0 Å². The van der Waals surface area contributed by atoms with Gasteiger partial charge in [0.25, 0.3) is 5.91 Å². The highest BCUT2D eigenvalue weighted by molar-refractivity contribution is 7.90. The van der Waals surface area contributed by atoms with Crippen LogP contribution in [0.4, 0.5) is 4.39 Å². The maximum atomic E-state index is 14.3. The Morgan fingerprint density at radius 2 is 1.94 bits per heavy atom. The van der Waals surface area contributed by atoms with Crippen molar-refractivity contribution in [1.82, 2.24) is 14.5 Å². The van der Waals surface area contributed by atoms with E-state index in [1.807, 2.05) is 13.8 Å². The van der Waals surface area contributed by atoms with E-state index < -0.39 is 21.6 Å². The molecule has 180 valence electrons. The van der Waals surface area contributed by atoms with Crippen molar-refractivity contribution in [2.75, 3.05) is 0 Å². The summed E-state index contributed by atoms with van der Waals surface area (Å²) in [4.78, 5) is 19.1. The summed E-state index contributed by atoms with van der Waals surface area (Å²) in [6.45, 7) is 4.55. The van der Waals surface area contributed by atoms with Gasteiger partial charge in [0.15, 0.2) is 0 Å². The summed E-state index contributed by atoms with van der Waals surface area (Å²) in [6, 6.07) is 12.6. The van der Waals surface area contributed by atoms with Crippen LogP contribution in [0.15, 0.2) is 59.9 Å². The van der Waals surface area contributed by atoms with Gasteiger partial charge in [-0.3, -0.25) is 4.79 Å². The Kier molecular flexibility index (Phi) is 7.09. The lowest BCUT2D eigenvalue weighted by molar-refractivity contribution is 0.0720. The highest BCUT2D eigenvalue weighted by Gasteiger charge is 2.35. The zero-order chi connectivity index (χ0) is 24.5. The molecule has 1 fully saturated rings. The lowest BCUT2D eigenvalue weighted by Crippen LogP contribution is -2.34. The quantitative estimate of drug-likeness (QED) is 0.407. The van der Waals surface area contributed by atoms with Gasteiger partial charge in [-0.15, -0.1) is 0 Å². The number of imidazole rings is 1. The van der Waals surface area contributed by atoms with Crippen LogP contribution in [0.2, 0.25) is 5.02 Å². The molecule has 1 heterocycles. The van der Waals surface area contributed by atoms with E-state index in [2.05, 4.69) is 4.98 Å². The van der Waals surface area contributed by atoms with Gasteiger partial charge >= 0.3 is 0 Å². The minimum absolute atomic E-state index is 0.000948. The molecule has 4 rings (SSSR count). The third kappa shape index (κ3) is 5.50. The number of carbonyl (C=O) groups excluding carboxylic acids is 1. The van der Waals surface area contributed by atoms with Crippen molar-refractivity contribution in [2.24, 2.45) is 5.92 Å². The molecule has 0 bridgehead atoms. The number of hydrogen-bond acceptors (Lipinski definition) is 4. The summed E-state index contributed by atoms with van der Waals surface area (Å²) in [5.74, 6) is -1.06. The van der Waals surface area contributed by atoms with Gasteiger partial charge in [0, 0.05) is 17.6 Å². The molecule has 34 heavy (non-hydrogen) atoms. The Morgan fingerprint density at radius 3 is 2.59 bits per heavy atom. The Hall–Kier alpha value is -2.71. The minimum Gasteiger partial charge on any atom is -0.330 e. The van der Waals surface area contributed by atoms with Crippen LogP contribution in [-0.2, 0) is 28.7 Å². The Bertz CT molecular complexity index is 1300. The third-order valence-corrected chi connectivity index (χ3v) is 7.49. The molecule has 1 amide bonds. The van der Waals surface area contributed by atoms with Crippen molar-refractivity contribution >= 4 is 27.3 Å². The first-order valence-electron chi connectivity index (χ1n) is 11.2. The number of carbonyl (C=O) groups is 1. The lowest BCUT2D eigenvalue weighted by atomic mass is 10.1. The van der Waals surface area contributed by atoms with Gasteiger partial charge in [0.1, 0.15) is 5.82 Å². The van der Waals surface area contributed by atoms with E-state index in [1.165, 1.54) is 18.3 Å². The van der Waals surface area contributed by atoms with Gasteiger partial charge in [0.2, 0.25) is 15.0 Å². The highest BCUT2D eigenvalue weighted by atomic mass is 35.5. The van der Waals surface area contributed by atoms with Crippen LogP contribution in [0.1, 0.15) is 48.3 Å². The zero-order valence-electron chi connectivity index (χ0n) is 19.1. The van der Waals surface area contributed by atoms with E-state index in [-0.39, 0.29) is 35.0 Å². The molecule has 1 aromatic heterocycles. The Balaban J connectivity index is 1.67. The Labute approximate surface area is 204 Å². The predicted octanol–water partition coefficient (Wildman–Crippen LogP) is 5.11. The summed E-state index contributed by atoms with van der Waals surface area (Å²) in [5.41, 5.74) is 1.19. The maximum absolute atomic E-state index is 14.3. The first kappa shape index (κ1) is 24.4. The van der Waals surface area contributed by atoms with Crippen molar-refractivity contribution in [3.63, 3.8) is 0 Å². The number of nitrogens with zero attached hydrogens (tertiary/aromatic N) is 3. The fourth-order valence-electron chi connectivity index (χ4n) is 3.95. The van der Waals surface area contributed by atoms with Crippen LogP contribution in [0, 0.1) is 11.7 Å². The van der Waals surface area contributed by atoms with E-state index in [9.17, 15) is 17.6 Å². The summed E-state index contributed by atoms with van der Waals surface area (Å²) < 4.78 is 42.6. The SMILES string of the molecule is CC(C)Cn1c(CN(C(=O)c2ccccc2F)C2CC2)cnc1S(=O)(=O)Cc1cccc(Cl)c1. The van der Waals surface area contributed by atoms with Crippen molar-refractivity contribution in [3.8, 4) is 0 Å². The van der Waals surface area contributed by atoms with Crippen LogP contribution >= 0.6 is 11.6 Å². The highest BCUT2D eigenvalue weighted by Crippen LogP contribution is 2.31. The van der Waals surface area contributed by atoms with Crippen LogP contribution in [-0.4, -0.2) is 34.8 Å². The second-order valence-electron chi connectivity index (χ2n) is 9.07. The fraction of sp³-hybridized carbons (Fsp3) is 0.360. The second kappa shape index (κ2) is 9.88. The number of benzene rings is 2. The minimum atomic E-state index is -3.78. The van der Waals surface area contributed by atoms with Gasteiger partial charge < -0.3 is 9.47 Å². The van der Waals surface area contributed by atoms with Crippen molar-refractivity contribution in [3.05, 3.63) is 82.4 Å². The van der Waals surface area contributed by atoms with Crippen molar-refractivity contribution in [1.29, 1.82) is 0 Å². The average Bonchev–Trinajstić information content (AvgIpc) is 3.52. The van der Waals surface area contributed by atoms with Crippen LogP contribution in [0.5, 0.6) is 0 Å².